The largest absolute Gasteiger partial charge is 0.497 e. The van der Waals surface area contributed by atoms with Crippen molar-refractivity contribution in [3.05, 3.63) is 88.5 Å². The zero-order chi connectivity index (χ0) is 49.0. The van der Waals surface area contributed by atoms with Crippen molar-refractivity contribution in [1.29, 1.82) is 0 Å². The molecule has 0 bridgehead atoms. The molecule has 4 fully saturated rings. The second kappa shape index (κ2) is 19.3. The molecule has 3 aromatic carbocycles. The molecule has 372 valence electrons. The van der Waals surface area contributed by atoms with Gasteiger partial charge >= 0.3 is 12.1 Å². The molecule has 5 aromatic rings. The monoisotopic (exact) mass is 961 g/mol. The number of piperazine rings is 1. The lowest BCUT2D eigenvalue weighted by Crippen LogP contribution is -2.65. The fourth-order valence-electron chi connectivity index (χ4n) is 11.2. The Hall–Kier alpha value is -6.00. The van der Waals surface area contributed by atoms with Crippen LogP contribution in [-0.2, 0) is 22.6 Å². The molecule has 1 saturated carbocycles. The van der Waals surface area contributed by atoms with Gasteiger partial charge in [-0.25, -0.2) is 18.6 Å². The summed E-state index contributed by atoms with van der Waals surface area (Å²) in [4.78, 5) is 37.1. The first-order valence-corrected chi connectivity index (χ1v) is 24.9. The third-order valence-corrected chi connectivity index (χ3v) is 14.6. The summed E-state index contributed by atoms with van der Waals surface area (Å²) in [5.74, 6) is 0.561. The summed E-state index contributed by atoms with van der Waals surface area (Å²) < 4.78 is 72.7. The average Bonchev–Trinajstić information content (AvgIpc) is 4.13. The van der Waals surface area contributed by atoms with Gasteiger partial charge in [0.1, 0.15) is 52.2 Å². The van der Waals surface area contributed by atoms with E-state index in [1.54, 1.807) is 19.1 Å². The third-order valence-electron chi connectivity index (χ3n) is 14.6. The van der Waals surface area contributed by atoms with Crippen LogP contribution in [0, 0.1) is 18.6 Å². The van der Waals surface area contributed by atoms with Crippen LogP contribution < -0.4 is 28.7 Å². The van der Waals surface area contributed by atoms with Gasteiger partial charge in [-0.1, -0.05) is 31.2 Å². The van der Waals surface area contributed by atoms with Crippen LogP contribution in [-0.4, -0.2) is 120 Å². The van der Waals surface area contributed by atoms with Gasteiger partial charge in [0.15, 0.2) is 11.6 Å². The first-order valence-electron chi connectivity index (χ1n) is 24.9. The number of anilines is 2. The van der Waals surface area contributed by atoms with Gasteiger partial charge in [-0.05, 0) is 125 Å². The Kier molecular flexibility index (Phi) is 13.1. The number of halogens is 2. The highest BCUT2D eigenvalue weighted by Crippen LogP contribution is 2.51. The third kappa shape index (κ3) is 9.24. The average molecular weight is 962 g/mol. The highest BCUT2D eigenvalue weighted by molar-refractivity contribution is 5.98. The molecule has 10 rings (SSSR count). The van der Waals surface area contributed by atoms with Crippen LogP contribution in [0.15, 0.2) is 54.6 Å². The van der Waals surface area contributed by atoms with Crippen molar-refractivity contribution in [2.24, 2.45) is 0 Å². The zero-order valence-corrected chi connectivity index (χ0v) is 41.6. The molecule has 0 spiro atoms. The number of benzene rings is 3. The van der Waals surface area contributed by atoms with Crippen LogP contribution in [0.25, 0.3) is 22.2 Å². The van der Waals surface area contributed by atoms with Crippen LogP contribution in [0.3, 0.4) is 0 Å². The number of hydrogen-bond donors (Lipinski definition) is 0. The summed E-state index contributed by atoms with van der Waals surface area (Å²) in [6.07, 6.45) is 3.15. The van der Waals surface area contributed by atoms with Gasteiger partial charge in [0.25, 0.3) is 0 Å². The Morgan fingerprint density at radius 1 is 0.886 bits per heavy atom. The smallest absolute Gasteiger partial charge is 0.410 e. The zero-order valence-electron chi connectivity index (χ0n) is 41.6. The van der Waals surface area contributed by atoms with Crippen LogP contribution >= 0.6 is 0 Å². The van der Waals surface area contributed by atoms with Gasteiger partial charge in [-0.15, -0.1) is 0 Å². The maximum Gasteiger partial charge on any atom is 0.410 e. The second-order valence-electron chi connectivity index (χ2n) is 20.4. The van der Waals surface area contributed by atoms with E-state index in [4.69, 9.17) is 43.4 Å². The molecule has 5 aliphatic rings. The van der Waals surface area contributed by atoms with E-state index in [-0.39, 0.29) is 52.1 Å². The van der Waals surface area contributed by atoms with Gasteiger partial charge in [-0.3, -0.25) is 4.90 Å². The highest BCUT2D eigenvalue weighted by atomic mass is 19.1. The lowest BCUT2D eigenvalue weighted by Gasteiger charge is -2.48. The Bertz CT molecular complexity index is 2680. The number of rotatable bonds is 13. The van der Waals surface area contributed by atoms with E-state index in [0.29, 0.717) is 81.5 Å². The standard InChI is InChI=1S/C54H65F2N7O7/c1-9-40-49-32(3)69-51-44-48(58-52(68-30-37-17-16-36-29-67-25-24-61(36)37)59-50(44)63(49)23-22-62(40)53(64)70-54(4,5)6)46(56)47(57-51)43-42(35-14-15-35)31(2)26-41(45(43)55)60(27-33-10-18-38(65-7)19-11-33)28-34-12-20-39(66-8)21-13-34/h10-13,18-21,26,32,35-37,40,49H,9,14-17,22-25,27-30H2,1-8H3/t32-,36-,37-,40-,49+/m0/s1. The van der Waals surface area contributed by atoms with Crippen LogP contribution in [0.2, 0.25) is 0 Å². The fraction of sp³-hybridized carbons (Fsp3) is 0.519. The normalized spacial score (nSPS) is 22.2. The maximum absolute atomic E-state index is 18.4. The molecule has 0 unspecified atom stereocenters. The molecule has 14 nitrogen and oxygen atoms in total. The van der Waals surface area contributed by atoms with Crippen molar-refractivity contribution in [2.45, 2.75) is 129 Å². The number of pyridine rings is 1. The van der Waals surface area contributed by atoms with E-state index in [1.807, 2.05) is 101 Å². The number of carbonyl (C=O) groups excluding carboxylic acids is 1. The van der Waals surface area contributed by atoms with E-state index < -0.39 is 35.5 Å². The number of aryl methyl sites for hydroxylation is 1. The van der Waals surface area contributed by atoms with Gasteiger partial charge in [-0.2, -0.15) is 9.97 Å². The summed E-state index contributed by atoms with van der Waals surface area (Å²) in [6, 6.07) is 16.9. The minimum absolute atomic E-state index is 0.00936. The SMILES string of the molecule is CC[C@H]1[C@H]2[C@H](C)Oc3nc(-c4c(F)c(N(Cc5ccc(OC)cc5)Cc5ccc(OC)cc5)cc(C)c4C4CC4)c(F)c4nc(OC[C@@H]5CC[C@H]6COCCN65)nc(c34)N2CCN1C(=O)OC(C)(C)C. The number of hydrogen-bond acceptors (Lipinski definition) is 13. The van der Waals surface area contributed by atoms with E-state index >= 15 is 8.78 Å². The summed E-state index contributed by atoms with van der Waals surface area (Å²) in [7, 11) is 3.24. The van der Waals surface area contributed by atoms with Gasteiger partial charge < -0.3 is 43.1 Å². The maximum atomic E-state index is 18.4. The molecule has 1 aliphatic carbocycles. The summed E-state index contributed by atoms with van der Waals surface area (Å²) in [5.41, 5.74) is 2.87. The van der Waals surface area contributed by atoms with Crippen LogP contribution in [0.1, 0.15) is 94.9 Å². The number of amides is 1. The predicted molar refractivity (Wildman–Crippen MR) is 263 cm³/mol. The minimum Gasteiger partial charge on any atom is -0.497 e. The van der Waals surface area contributed by atoms with Crippen LogP contribution in [0.4, 0.5) is 25.1 Å². The van der Waals surface area contributed by atoms with Crippen molar-refractivity contribution in [3.8, 4) is 34.6 Å². The Morgan fingerprint density at radius 3 is 2.20 bits per heavy atom. The summed E-state index contributed by atoms with van der Waals surface area (Å²) >= 11 is 0. The van der Waals surface area contributed by atoms with Crippen molar-refractivity contribution < 1.29 is 42.0 Å². The van der Waals surface area contributed by atoms with E-state index in [2.05, 4.69) is 9.80 Å². The lowest BCUT2D eigenvalue weighted by molar-refractivity contribution is -0.0101. The fourth-order valence-corrected chi connectivity index (χ4v) is 11.2. The molecular weight excluding hydrogens is 897 g/mol. The number of carbonyl (C=O) groups is 1. The van der Waals surface area contributed by atoms with Gasteiger partial charge in [0.2, 0.25) is 5.88 Å². The number of fused-ring (bicyclic) bond motifs is 3. The molecular formula is C54H65F2N7O7. The molecule has 6 heterocycles. The topological polar surface area (TPSA) is 124 Å². The highest BCUT2D eigenvalue weighted by Gasteiger charge is 2.47. The summed E-state index contributed by atoms with van der Waals surface area (Å²) in [6.45, 7) is 15.3. The molecule has 5 atom stereocenters. The number of ether oxygens (including phenoxy) is 6. The molecule has 3 saturated heterocycles. The first-order chi connectivity index (χ1) is 33.7. The second-order valence-corrected chi connectivity index (χ2v) is 20.4. The minimum atomic E-state index is -0.787. The Morgan fingerprint density at radius 2 is 1.57 bits per heavy atom. The van der Waals surface area contributed by atoms with Crippen molar-refractivity contribution >= 4 is 28.5 Å². The summed E-state index contributed by atoms with van der Waals surface area (Å²) in [5, 5.41) is 0.277. The number of methoxy groups -OCH3 is 2. The molecule has 4 aliphatic heterocycles. The quantitative estimate of drug-likeness (QED) is 0.111. The first kappa shape index (κ1) is 47.7. The van der Waals surface area contributed by atoms with E-state index in [1.165, 1.54) is 0 Å². The lowest BCUT2D eigenvalue weighted by atomic mass is 9.92. The predicted octanol–water partition coefficient (Wildman–Crippen LogP) is 9.61. The molecule has 1 amide bonds. The molecule has 70 heavy (non-hydrogen) atoms. The Labute approximate surface area is 409 Å². The number of aromatic nitrogens is 3. The van der Waals surface area contributed by atoms with Crippen molar-refractivity contribution in [3.63, 3.8) is 0 Å². The molecule has 2 aromatic heterocycles. The molecule has 16 heteroatoms. The van der Waals surface area contributed by atoms with Crippen molar-refractivity contribution in [2.75, 3.05) is 63.5 Å². The van der Waals surface area contributed by atoms with Crippen LogP contribution in [0.5, 0.6) is 23.4 Å². The van der Waals surface area contributed by atoms with Gasteiger partial charge in [0, 0.05) is 50.4 Å². The molecule has 0 N–H and O–H groups in total. The van der Waals surface area contributed by atoms with E-state index in [9.17, 15) is 4.79 Å². The number of nitrogens with zero attached hydrogens (tertiary/aromatic N) is 7. The molecule has 0 radical (unpaired) electrons. The Balaban J connectivity index is 1.12. The van der Waals surface area contributed by atoms with E-state index in [0.717, 1.165) is 54.5 Å². The van der Waals surface area contributed by atoms with Crippen molar-refractivity contribution in [1.82, 2.24) is 24.8 Å². The number of morpholine rings is 1. The van der Waals surface area contributed by atoms with Gasteiger partial charge in [0.05, 0.1) is 45.2 Å².